The zero-order valence-electron chi connectivity index (χ0n) is 13.9. The summed E-state index contributed by atoms with van der Waals surface area (Å²) < 4.78 is 0. The Hall–Kier alpha value is -2.54. The van der Waals surface area contributed by atoms with Crippen LogP contribution in [0.5, 0.6) is 0 Å². The topological polar surface area (TPSA) is 3.24 Å². The van der Waals surface area contributed by atoms with Crippen molar-refractivity contribution in [2.75, 3.05) is 4.90 Å². The molecule has 0 heterocycles. The van der Waals surface area contributed by atoms with Crippen LogP contribution in [0.15, 0.2) is 78.9 Å². The minimum atomic E-state index is 0.916. The predicted octanol–water partition coefficient (Wildman–Crippen LogP) is 5.51. The molecule has 3 aromatic rings. The summed E-state index contributed by atoms with van der Waals surface area (Å²) in [5, 5.41) is 0. The van der Waals surface area contributed by atoms with Gasteiger partial charge < -0.3 is 4.90 Å². The third-order valence-electron chi connectivity index (χ3n) is 4.13. The van der Waals surface area contributed by atoms with E-state index in [1.165, 1.54) is 27.9 Å². The number of rotatable bonds is 5. The molecule has 0 aromatic heterocycles. The molecule has 0 saturated carbocycles. The molecule has 116 valence electrons. The number of anilines is 1. The minimum Gasteiger partial charge on any atom is -0.363 e. The summed E-state index contributed by atoms with van der Waals surface area (Å²) in [4.78, 5) is 2.46. The normalized spacial score (nSPS) is 10.5. The van der Waals surface area contributed by atoms with E-state index >= 15 is 0 Å². The van der Waals surface area contributed by atoms with Gasteiger partial charge in [-0.25, -0.2) is 0 Å². The van der Waals surface area contributed by atoms with Crippen molar-refractivity contribution in [3.63, 3.8) is 0 Å². The number of hydrogen-bond donors (Lipinski definition) is 0. The molecule has 0 amide bonds. The highest BCUT2D eigenvalue weighted by Crippen LogP contribution is 2.25. The number of benzene rings is 3. The van der Waals surface area contributed by atoms with Gasteiger partial charge in [0.15, 0.2) is 0 Å². The van der Waals surface area contributed by atoms with Gasteiger partial charge in [-0.3, -0.25) is 0 Å². The van der Waals surface area contributed by atoms with Crippen molar-refractivity contribution in [2.24, 2.45) is 0 Å². The van der Waals surface area contributed by atoms with Crippen molar-refractivity contribution in [1.29, 1.82) is 0 Å². The molecule has 0 bridgehead atoms. The standard InChI is InChI=1S/C22H23N/c1-18-13-14-22(19(2)15-18)23(16-20-9-5-3-6-10-20)17-21-11-7-4-8-12-21/h3-15H,16-17H2,1-2H3. The summed E-state index contributed by atoms with van der Waals surface area (Å²) in [7, 11) is 0. The van der Waals surface area contributed by atoms with Gasteiger partial charge >= 0.3 is 0 Å². The molecule has 0 saturated heterocycles. The first-order valence-corrected chi connectivity index (χ1v) is 8.12. The molecule has 0 aliphatic heterocycles. The van der Waals surface area contributed by atoms with E-state index < -0.39 is 0 Å². The van der Waals surface area contributed by atoms with Gasteiger partial charge in [-0.05, 0) is 36.6 Å². The fourth-order valence-electron chi connectivity index (χ4n) is 2.99. The molecule has 0 unspecified atom stereocenters. The summed E-state index contributed by atoms with van der Waals surface area (Å²) in [5.41, 5.74) is 6.62. The van der Waals surface area contributed by atoms with Crippen LogP contribution < -0.4 is 4.90 Å². The Kier molecular flexibility index (Phi) is 4.77. The van der Waals surface area contributed by atoms with Crippen molar-refractivity contribution in [3.8, 4) is 0 Å². The second-order valence-electron chi connectivity index (χ2n) is 6.12. The summed E-state index contributed by atoms with van der Waals surface area (Å²) >= 11 is 0. The highest BCUT2D eigenvalue weighted by molar-refractivity contribution is 5.55. The second-order valence-corrected chi connectivity index (χ2v) is 6.12. The van der Waals surface area contributed by atoms with Crippen LogP contribution >= 0.6 is 0 Å². The van der Waals surface area contributed by atoms with Crippen LogP contribution in [0, 0.1) is 13.8 Å². The Morgan fingerprint density at radius 1 is 0.652 bits per heavy atom. The third-order valence-corrected chi connectivity index (χ3v) is 4.13. The molecule has 3 aromatic carbocycles. The van der Waals surface area contributed by atoms with Gasteiger partial charge in [-0.15, -0.1) is 0 Å². The van der Waals surface area contributed by atoms with E-state index in [0.29, 0.717) is 0 Å². The fourth-order valence-corrected chi connectivity index (χ4v) is 2.99. The van der Waals surface area contributed by atoms with Gasteiger partial charge in [0, 0.05) is 18.8 Å². The molecule has 0 radical (unpaired) electrons. The minimum absolute atomic E-state index is 0.916. The Bertz CT molecular complexity index is 706. The van der Waals surface area contributed by atoms with Gasteiger partial charge in [0.2, 0.25) is 0 Å². The first kappa shape index (κ1) is 15.4. The highest BCUT2D eigenvalue weighted by Gasteiger charge is 2.11. The van der Waals surface area contributed by atoms with Gasteiger partial charge in [0.25, 0.3) is 0 Å². The van der Waals surface area contributed by atoms with Gasteiger partial charge in [0.05, 0.1) is 0 Å². The molecule has 0 N–H and O–H groups in total. The average Bonchev–Trinajstić information content (AvgIpc) is 2.56. The summed E-state index contributed by atoms with van der Waals surface area (Å²) in [6.45, 7) is 6.18. The van der Waals surface area contributed by atoms with Crippen LogP contribution in [-0.2, 0) is 13.1 Å². The number of aryl methyl sites for hydroxylation is 2. The summed E-state index contributed by atoms with van der Waals surface area (Å²) in [6.07, 6.45) is 0. The zero-order valence-corrected chi connectivity index (χ0v) is 13.9. The van der Waals surface area contributed by atoms with Gasteiger partial charge in [-0.1, -0.05) is 78.4 Å². The number of hydrogen-bond acceptors (Lipinski definition) is 1. The van der Waals surface area contributed by atoms with Crippen LogP contribution in [0.1, 0.15) is 22.3 Å². The van der Waals surface area contributed by atoms with Crippen molar-refractivity contribution in [1.82, 2.24) is 0 Å². The van der Waals surface area contributed by atoms with E-state index in [2.05, 4.69) is 97.6 Å². The molecular weight excluding hydrogens is 278 g/mol. The van der Waals surface area contributed by atoms with E-state index in [-0.39, 0.29) is 0 Å². The Labute approximate surface area is 139 Å². The maximum atomic E-state index is 2.46. The van der Waals surface area contributed by atoms with E-state index in [4.69, 9.17) is 0 Å². The maximum Gasteiger partial charge on any atom is 0.0433 e. The Morgan fingerprint density at radius 3 is 1.65 bits per heavy atom. The van der Waals surface area contributed by atoms with E-state index in [1.807, 2.05) is 0 Å². The third kappa shape index (κ3) is 4.01. The van der Waals surface area contributed by atoms with Crippen molar-refractivity contribution < 1.29 is 0 Å². The predicted molar refractivity (Wildman–Crippen MR) is 98.7 cm³/mol. The summed E-state index contributed by atoms with van der Waals surface area (Å²) in [5.74, 6) is 0. The lowest BCUT2D eigenvalue weighted by Crippen LogP contribution is -2.23. The second kappa shape index (κ2) is 7.15. The molecule has 0 fully saturated rings. The molecular formula is C22H23N. The maximum absolute atomic E-state index is 2.46. The van der Waals surface area contributed by atoms with E-state index in [0.717, 1.165) is 13.1 Å². The van der Waals surface area contributed by atoms with Crippen LogP contribution in [0.25, 0.3) is 0 Å². The molecule has 0 aliphatic carbocycles. The fraction of sp³-hybridized carbons (Fsp3) is 0.182. The van der Waals surface area contributed by atoms with Gasteiger partial charge in [0.1, 0.15) is 0 Å². The van der Waals surface area contributed by atoms with Crippen molar-refractivity contribution in [3.05, 3.63) is 101 Å². The lowest BCUT2D eigenvalue weighted by molar-refractivity contribution is 0.796. The van der Waals surface area contributed by atoms with Gasteiger partial charge in [-0.2, -0.15) is 0 Å². The highest BCUT2D eigenvalue weighted by atomic mass is 15.1. The van der Waals surface area contributed by atoms with Crippen LogP contribution in [0.2, 0.25) is 0 Å². The number of nitrogens with zero attached hydrogens (tertiary/aromatic N) is 1. The van der Waals surface area contributed by atoms with Crippen LogP contribution in [0.4, 0.5) is 5.69 Å². The summed E-state index contributed by atoms with van der Waals surface area (Å²) in [6, 6.07) is 28.1. The molecule has 1 heteroatoms. The average molecular weight is 301 g/mol. The molecule has 0 aliphatic rings. The quantitative estimate of drug-likeness (QED) is 0.600. The first-order valence-electron chi connectivity index (χ1n) is 8.12. The largest absolute Gasteiger partial charge is 0.363 e. The van der Waals surface area contributed by atoms with Crippen LogP contribution in [0.3, 0.4) is 0 Å². The molecule has 0 spiro atoms. The lowest BCUT2D eigenvalue weighted by Gasteiger charge is -2.27. The van der Waals surface area contributed by atoms with E-state index in [9.17, 15) is 0 Å². The lowest BCUT2D eigenvalue weighted by atomic mass is 10.1. The molecule has 3 rings (SSSR count). The van der Waals surface area contributed by atoms with Crippen LogP contribution in [-0.4, -0.2) is 0 Å². The van der Waals surface area contributed by atoms with Crippen molar-refractivity contribution >= 4 is 5.69 Å². The molecule has 1 nitrogen and oxygen atoms in total. The Balaban J connectivity index is 1.92. The van der Waals surface area contributed by atoms with Crippen molar-refractivity contribution in [2.45, 2.75) is 26.9 Å². The molecule has 23 heavy (non-hydrogen) atoms. The molecule has 0 atom stereocenters. The Morgan fingerprint density at radius 2 is 1.17 bits per heavy atom. The van der Waals surface area contributed by atoms with E-state index in [1.54, 1.807) is 0 Å². The zero-order chi connectivity index (χ0) is 16.1. The smallest absolute Gasteiger partial charge is 0.0433 e. The monoisotopic (exact) mass is 301 g/mol. The first-order chi connectivity index (χ1) is 11.2. The SMILES string of the molecule is Cc1ccc(N(Cc2ccccc2)Cc2ccccc2)c(C)c1.